The number of rotatable bonds is 4. The Labute approximate surface area is 108 Å². The molecule has 1 fully saturated rings. The highest BCUT2D eigenvalue weighted by Gasteiger charge is 2.29. The van der Waals surface area contributed by atoms with Crippen LogP contribution in [0.4, 0.5) is 4.79 Å². The first-order valence-corrected chi connectivity index (χ1v) is 6.46. The Morgan fingerprint density at radius 2 is 2.17 bits per heavy atom. The van der Waals surface area contributed by atoms with Crippen LogP contribution >= 0.6 is 0 Å². The number of hydrogen-bond acceptors (Lipinski definition) is 2. The van der Waals surface area contributed by atoms with Crippen molar-refractivity contribution in [2.45, 2.75) is 25.9 Å². The van der Waals surface area contributed by atoms with Gasteiger partial charge in [-0.05, 0) is 18.9 Å². The van der Waals surface area contributed by atoms with Crippen LogP contribution in [0.25, 0.3) is 0 Å². The molecular formula is C14H20N2O2. The number of carbonyl (C=O) groups is 1. The van der Waals surface area contributed by atoms with Gasteiger partial charge >= 0.3 is 6.09 Å². The van der Waals surface area contributed by atoms with E-state index in [4.69, 9.17) is 5.11 Å². The Morgan fingerprint density at radius 3 is 2.78 bits per heavy atom. The minimum absolute atomic E-state index is 0.149. The second kappa shape index (κ2) is 5.87. The van der Waals surface area contributed by atoms with Crippen LogP contribution in [0.3, 0.4) is 0 Å². The molecule has 1 aromatic carbocycles. The molecular weight excluding hydrogens is 228 g/mol. The summed E-state index contributed by atoms with van der Waals surface area (Å²) in [6.07, 6.45) is 0.136. The van der Waals surface area contributed by atoms with Gasteiger partial charge in [-0.15, -0.1) is 0 Å². The van der Waals surface area contributed by atoms with Crippen molar-refractivity contribution < 1.29 is 9.90 Å². The molecule has 0 bridgehead atoms. The first kappa shape index (κ1) is 12.9. The number of likely N-dealkylation sites (tertiary alicyclic amines) is 1. The molecule has 2 rings (SSSR count). The molecule has 1 amide bonds. The molecule has 0 saturated carbocycles. The van der Waals surface area contributed by atoms with E-state index in [1.807, 2.05) is 25.1 Å². The lowest BCUT2D eigenvalue weighted by Crippen LogP contribution is -2.40. The van der Waals surface area contributed by atoms with Crippen molar-refractivity contribution in [3.63, 3.8) is 0 Å². The summed E-state index contributed by atoms with van der Waals surface area (Å²) in [6, 6.07) is 10.5. The summed E-state index contributed by atoms with van der Waals surface area (Å²) in [7, 11) is 0. The summed E-state index contributed by atoms with van der Waals surface area (Å²) in [5.41, 5.74) is 1.29. The first-order chi connectivity index (χ1) is 8.70. The standard InChI is InChI=1S/C14H20N2O2/c1-2-16(14(17)18)13-8-9-15(11-13)10-12-6-4-3-5-7-12/h3-7,13H,2,8-11H2,1H3,(H,17,18). The van der Waals surface area contributed by atoms with Crippen molar-refractivity contribution in [1.82, 2.24) is 9.80 Å². The third kappa shape index (κ3) is 3.01. The van der Waals surface area contributed by atoms with Crippen molar-refractivity contribution in [3.8, 4) is 0 Å². The molecule has 98 valence electrons. The van der Waals surface area contributed by atoms with Crippen molar-refractivity contribution in [2.75, 3.05) is 19.6 Å². The van der Waals surface area contributed by atoms with Crippen LogP contribution in [-0.4, -0.2) is 46.7 Å². The zero-order valence-electron chi connectivity index (χ0n) is 10.7. The van der Waals surface area contributed by atoms with Gasteiger partial charge in [0.1, 0.15) is 0 Å². The van der Waals surface area contributed by atoms with E-state index in [2.05, 4.69) is 17.0 Å². The summed E-state index contributed by atoms with van der Waals surface area (Å²) in [5, 5.41) is 9.12. The van der Waals surface area contributed by atoms with Gasteiger partial charge in [0.05, 0.1) is 0 Å². The van der Waals surface area contributed by atoms with E-state index < -0.39 is 6.09 Å². The minimum atomic E-state index is -0.802. The Hall–Kier alpha value is -1.55. The number of nitrogens with zero attached hydrogens (tertiary/aromatic N) is 2. The van der Waals surface area contributed by atoms with Crippen molar-refractivity contribution in [2.24, 2.45) is 0 Å². The average Bonchev–Trinajstić information content (AvgIpc) is 2.79. The predicted molar refractivity (Wildman–Crippen MR) is 70.5 cm³/mol. The predicted octanol–water partition coefficient (Wildman–Crippen LogP) is 2.26. The van der Waals surface area contributed by atoms with E-state index in [1.54, 1.807) is 4.90 Å². The molecule has 1 N–H and O–H groups in total. The fourth-order valence-corrected chi connectivity index (χ4v) is 2.60. The lowest BCUT2D eigenvalue weighted by molar-refractivity contribution is 0.127. The molecule has 0 aromatic heterocycles. The van der Waals surface area contributed by atoms with Crippen LogP contribution in [0, 0.1) is 0 Å². The molecule has 1 atom stereocenters. The number of carboxylic acid groups (broad SMARTS) is 1. The lowest BCUT2D eigenvalue weighted by atomic mass is 10.2. The Balaban J connectivity index is 1.90. The van der Waals surface area contributed by atoms with E-state index in [1.165, 1.54) is 5.56 Å². The molecule has 0 radical (unpaired) electrons. The third-order valence-corrected chi connectivity index (χ3v) is 3.52. The molecule has 1 saturated heterocycles. The van der Waals surface area contributed by atoms with Gasteiger partial charge in [-0.2, -0.15) is 0 Å². The van der Waals surface area contributed by atoms with Crippen molar-refractivity contribution >= 4 is 6.09 Å². The highest BCUT2D eigenvalue weighted by atomic mass is 16.4. The van der Waals surface area contributed by atoms with Gasteiger partial charge in [0, 0.05) is 32.2 Å². The summed E-state index contributed by atoms with van der Waals surface area (Å²) in [6.45, 7) is 5.19. The van der Waals surface area contributed by atoms with Gasteiger partial charge in [-0.3, -0.25) is 4.90 Å². The summed E-state index contributed by atoms with van der Waals surface area (Å²) >= 11 is 0. The minimum Gasteiger partial charge on any atom is -0.465 e. The highest BCUT2D eigenvalue weighted by Crippen LogP contribution is 2.18. The largest absolute Gasteiger partial charge is 0.465 e. The smallest absolute Gasteiger partial charge is 0.407 e. The SMILES string of the molecule is CCN(C(=O)O)C1CCN(Cc2ccccc2)C1. The second-order valence-electron chi connectivity index (χ2n) is 4.73. The molecule has 1 heterocycles. The van der Waals surface area contributed by atoms with Crippen LogP contribution in [0.1, 0.15) is 18.9 Å². The van der Waals surface area contributed by atoms with Gasteiger partial charge in [-0.25, -0.2) is 4.79 Å². The maximum Gasteiger partial charge on any atom is 0.407 e. The fraction of sp³-hybridized carbons (Fsp3) is 0.500. The van der Waals surface area contributed by atoms with Crippen LogP contribution < -0.4 is 0 Å². The Morgan fingerprint density at radius 1 is 1.44 bits per heavy atom. The molecule has 18 heavy (non-hydrogen) atoms. The van der Waals surface area contributed by atoms with Gasteiger partial charge in [0.2, 0.25) is 0 Å². The van der Waals surface area contributed by atoms with Gasteiger partial charge in [0.25, 0.3) is 0 Å². The topological polar surface area (TPSA) is 43.8 Å². The van der Waals surface area contributed by atoms with Gasteiger partial charge < -0.3 is 10.0 Å². The maximum absolute atomic E-state index is 11.1. The molecule has 1 aliphatic heterocycles. The highest BCUT2D eigenvalue weighted by molar-refractivity contribution is 5.65. The van der Waals surface area contributed by atoms with E-state index in [-0.39, 0.29) is 6.04 Å². The molecule has 4 heteroatoms. The second-order valence-corrected chi connectivity index (χ2v) is 4.73. The lowest BCUT2D eigenvalue weighted by Gasteiger charge is -2.25. The third-order valence-electron chi connectivity index (χ3n) is 3.52. The zero-order chi connectivity index (χ0) is 13.0. The van der Waals surface area contributed by atoms with Crippen LogP contribution in [0.5, 0.6) is 0 Å². The number of hydrogen-bond donors (Lipinski definition) is 1. The number of likely N-dealkylation sites (N-methyl/N-ethyl adjacent to an activating group) is 1. The fourth-order valence-electron chi connectivity index (χ4n) is 2.60. The normalized spacial score (nSPS) is 19.9. The average molecular weight is 248 g/mol. The maximum atomic E-state index is 11.1. The Kier molecular flexibility index (Phi) is 4.20. The van der Waals surface area contributed by atoms with Crippen LogP contribution in [0.2, 0.25) is 0 Å². The molecule has 4 nitrogen and oxygen atoms in total. The summed E-state index contributed by atoms with van der Waals surface area (Å²) < 4.78 is 0. The molecule has 1 aromatic rings. The number of amides is 1. The summed E-state index contributed by atoms with van der Waals surface area (Å²) in [5.74, 6) is 0. The van der Waals surface area contributed by atoms with Crippen LogP contribution in [-0.2, 0) is 6.54 Å². The molecule has 0 spiro atoms. The monoisotopic (exact) mass is 248 g/mol. The zero-order valence-corrected chi connectivity index (χ0v) is 10.7. The van der Waals surface area contributed by atoms with Gasteiger partial charge in [0.15, 0.2) is 0 Å². The Bertz CT molecular complexity index is 394. The number of benzene rings is 1. The van der Waals surface area contributed by atoms with Crippen molar-refractivity contribution in [1.29, 1.82) is 0 Å². The van der Waals surface area contributed by atoms with E-state index >= 15 is 0 Å². The molecule has 0 aliphatic carbocycles. The van der Waals surface area contributed by atoms with Crippen LogP contribution in [0.15, 0.2) is 30.3 Å². The quantitative estimate of drug-likeness (QED) is 0.889. The van der Waals surface area contributed by atoms with E-state index in [9.17, 15) is 4.79 Å². The molecule has 1 aliphatic rings. The van der Waals surface area contributed by atoms with E-state index in [0.717, 1.165) is 26.1 Å². The van der Waals surface area contributed by atoms with E-state index in [0.29, 0.717) is 6.54 Å². The summed E-state index contributed by atoms with van der Waals surface area (Å²) in [4.78, 5) is 15.0. The van der Waals surface area contributed by atoms with Crippen molar-refractivity contribution in [3.05, 3.63) is 35.9 Å². The van der Waals surface area contributed by atoms with Gasteiger partial charge in [-0.1, -0.05) is 30.3 Å². The molecule has 1 unspecified atom stereocenters. The first-order valence-electron chi connectivity index (χ1n) is 6.46.